The van der Waals surface area contributed by atoms with E-state index < -0.39 is 0 Å². The van der Waals surface area contributed by atoms with Gasteiger partial charge in [0.15, 0.2) is 5.65 Å². The van der Waals surface area contributed by atoms with Gasteiger partial charge in [0, 0.05) is 19.6 Å². The molecule has 5 nitrogen and oxygen atoms in total. The number of hydrogen-bond acceptors (Lipinski definition) is 4. The van der Waals surface area contributed by atoms with Gasteiger partial charge < -0.3 is 10.2 Å². The molecule has 0 amide bonds. The topological polar surface area (TPSA) is 45.5 Å². The molecule has 96 valence electrons. The second-order valence-corrected chi connectivity index (χ2v) is 4.67. The molecule has 1 saturated heterocycles. The van der Waals surface area contributed by atoms with Crippen LogP contribution < -0.4 is 10.2 Å². The van der Waals surface area contributed by atoms with Crippen molar-refractivity contribution in [2.45, 2.75) is 18.9 Å². The zero-order valence-electron chi connectivity index (χ0n) is 10.3. The predicted octanol–water partition coefficient (Wildman–Crippen LogP) is 1.06. The Morgan fingerprint density at radius 3 is 3.17 bits per heavy atom. The predicted molar refractivity (Wildman–Crippen MR) is 67.2 cm³/mol. The van der Waals surface area contributed by atoms with Crippen molar-refractivity contribution in [1.82, 2.24) is 19.9 Å². The van der Waals surface area contributed by atoms with E-state index in [9.17, 15) is 4.39 Å². The van der Waals surface area contributed by atoms with Crippen molar-refractivity contribution in [2.75, 3.05) is 25.0 Å². The van der Waals surface area contributed by atoms with Crippen LogP contribution in [-0.4, -0.2) is 40.8 Å². The van der Waals surface area contributed by atoms with E-state index in [1.807, 2.05) is 7.05 Å². The fourth-order valence-corrected chi connectivity index (χ4v) is 2.32. The van der Waals surface area contributed by atoms with Crippen LogP contribution in [0.15, 0.2) is 18.3 Å². The molecule has 0 aliphatic carbocycles. The average Bonchev–Trinajstić information content (AvgIpc) is 2.81. The normalized spacial score (nSPS) is 20.2. The molecule has 0 aromatic carbocycles. The summed E-state index contributed by atoms with van der Waals surface area (Å²) in [5.74, 6) is 0.343. The molecule has 1 unspecified atom stereocenters. The van der Waals surface area contributed by atoms with Crippen LogP contribution in [0.1, 0.15) is 12.8 Å². The lowest BCUT2D eigenvalue weighted by Gasteiger charge is -2.30. The van der Waals surface area contributed by atoms with Crippen molar-refractivity contribution in [1.29, 1.82) is 0 Å². The van der Waals surface area contributed by atoms with E-state index in [1.165, 1.54) is 16.8 Å². The molecule has 1 fully saturated rings. The van der Waals surface area contributed by atoms with E-state index in [-0.39, 0.29) is 5.82 Å². The van der Waals surface area contributed by atoms with Crippen molar-refractivity contribution < 1.29 is 4.39 Å². The second-order valence-electron chi connectivity index (χ2n) is 4.67. The highest BCUT2D eigenvalue weighted by Gasteiger charge is 2.20. The van der Waals surface area contributed by atoms with Gasteiger partial charge in [-0.3, -0.25) is 0 Å². The summed E-state index contributed by atoms with van der Waals surface area (Å²) in [6, 6.07) is 3.44. The van der Waals surface area contributed by atoms with E-state index in [0.717, 1.165) is 25.9 Å². The Morgan fingerprint density at radius 2 is 2.39 bits per heavy atom. The number of piperidine rings is 1. The van der Waals surface area contributed by atoms with Gasteiger partial charge in [0.05, 0.1) is 6.20 Å². The summed E-state index contributed by atoms with van der Waals surface area (Å²) >= 11 is 0. The summed E-state index contributed by atoms with van der Waals surface area (Å²) in [7, 11) is 1.99. The number of nitrogens with one attached hydrogen (secondary N) is 1. The molecular formula is C12H16FN5. The molecule has 18 heavy (non-hydrogen) atoms. The van der Waals surface area contributed by atoms with Gasteiger partial charge in [0.2, 0.25) is 5.95 Å². The number of anilines is 1. The fraction of sp³-hybridized carbons (Fsp3) is 0.500. The molecule has 0 spiro atoms. The number of aromatic nitrogens is 3. The summed E-state index contributed by atoms with van der Waals surface area (Å²) in [4.78, 5) is 6.48. The number of pyridine rings is 1. The Labute approximate surface area is 105 Å². The molecule has 0 saturated carbocycles. The van der Waals surface area contributed by atoms with Crippen molar-refractivity contribution in [3.63, 3.8) is 0 Å². The second kappa shape index (κ2) is 4.53. The highest BCUT2D eigenvalue weighted by Crippen LogP contribution is 2.16. The third kappa shape index (κ3) is 2.03. The third-order valence-electron chi connectivity index (χ3n) is 3.42. The molecule has 0 bridgehead atoms. The molecule has 2 aromatic rings. The summed E-state index contributed by atoms with van der Waals surface area (Å²) in [6.45, 7) is 2.02. The SMILES string of the molecule is CN(c1nc2ccc(F)cn2n1)C1CCCNC1. The molecule has 1 aliphatic heterocycles. The third-order valence-corrected chi connectivity index (χ3v) is 3.42. The molecule has 6 heteroatoms. The fourth-order valence-electron chi connectivity index (χ4n) is 2.32. The number of halogens is 1. The monoisotopic (exact) mass is 249 g/mol. The van der Waals surface area contributed by atoms with Crippen LogP contribution in [0.4, 0.5) is 10.3 Å². The van der Waals surface area contributed by atoms with Gasteiger partial charge in [0.25, 0.3) is 0 Å². The van der Waals surface area contributed by atoms with E-state index in [0.29, 0.717) is 17.6 Å². The molecule has 1 N–H and O–H groups in total. The van der Waals surface area contributed by atoms with Crippen LogP contribution >= 0.6 is 0 Å². The van der Waals surface area contributed by atoms with Crippen molar-refractivity contribution in [2.24, 2.45) is 0 Å². The highest BCUT2D eigenvalue weighted by molar-refractivity contribution is 5.44. The number of nitrogens with zero attached hydrogens (tertiary/aromatic N) is 4. The minimum Gasteiger partial charge on any atom is -0.338 e. The molecule has 1 aliphatic rings. The molecular weight excluding hydrogens is 233 g/mol. The van der Waals surface area contributed by atoms with Crippen LogP contribution in [0, 0.1) is 5.82 Å². The first-order chi connectivity index (χ1) is 8.74. The van der Waals surface area contributed by atoms with Gasteiger partial charge in [-0.1, -0.05) is 0 Å². The first-order valence-electron chi connectivity index (χ1n) is 6.19. The summed E-state index contributed by atoms with van der Waals surface area (Å²) in [5, 5.41) is 7.68. The molecule has 3 heterocycles. The summed E-state index contributed by atoms with van der Waals surface area (Å²) < 4.78 is 14.6. The number of likely N-dealkylation sites (N-methyl/N-ethyl adjacent to an activating group) is 1. The zero-order valence-corrected chi connectivity index (χ0v) is 10.3. The van der Waals surface area contributed by atoms with Crippen molar-refractivity contribution >= 4 is 11.6 Å². The maximum Gasteiger partial charge on any atom is 0.245 e. The van der Waals surface area contributed by atoms with Gasteiger partial charge in [0.1, 0.15) is 5.82 Å². The lowest BCUT2D eigenvalue weighted by atomic mass is 10.1. The van der Waals surface area contributed by atoms with Gasteiger partial charge in [-0.15, -0.1) is 5.10 Å². The maximum absolute atomic E-state index is 13.1. The minimum atomic E-state index is -0.305. The van der Waals surface area contributed by atoms with E-state index in [1.54, 1.807) is 6.07 Å². The molecule has 1 atom stereocenters. The number of fused-ring (bicyclic) bond motifs is 1. The van der Waals surface area contributed by atoms with E-state index in [4.69, 9.17) is 0 Å². The van der Waals surface area contributed by atoms with E-state index in [2.05, 4.69) is 20.3 Å². The first-order valence-corrected chi connectivity index (χ1v) is 6.19. The smallest absolute Gasteiger partial charge is 0.245 e. The summed E-state index contributed by atoms with van der Waals surface area (Å²) in [6.07, 6.45) is 3.64. The molecule has 2 aromatic heterocycles. The molecule has 3 rings (SSSR count). The Morgan fingerprint density at radius 1 is 1.50 bits per heavy atom. The van der Waals surface area contributed by atoms with Crippen LogP contribution in [0.5, 0.6) is 0 Å². The highest BCUT2D eigenvalue weighted by atomic mass is 19.1. The van der Waals surface area contributed by atoms with Crippen molar-refractivity contribution in [3.8, 4) is 0 Å². The van der Waals surface area contributed by atoms with Crippen LogP contribution in [-0.2, 0) is 0 Å². The van der Waals surface area contributed by atoms with Crippen LogP contribution in [0.3, 0.4) is 0 Å². The van der Waals surface area contributed by atoms with Gasteiger partial charge in [-0.25, -0.2) is 8.91 Å². The zero-order chi connectivity index (χ0) is 12.5. The lowest BCUT2D eigenvalue weighted by Crippen LogP contribution is -2.44. The Kier molecular flexibility index (Phi) is 2.87. The first kappa shape index (κ1) is 11.4. The quantitative estimate of drug-likeness (QED) is 0.864. The summed E-state index contributed by atoms with van der Waals surface area (Å²) in [5.41, 5.74) is 0.669. The van der Waals surface area contributed by atoms with E-state index >= 15 is 0 Å². The Bertz CT molecular complexity index is 546. The Balaban J connectivity index is 1.88. The minimum absolute atomic E-state index is 0.305. The van der Waals surface area contributed by atoms with Gasteiger partial charge in [-0.05, 0) is 31.5 Å². The van der Waals surface area contributed by atoms with Gasteiger partial charge in [-0.2, -0.15) is 4.98 Å². The average molecular weight is 249 g/mol. The number of hydrogen-bond donors (Lipinski definition) is 1. The van der Waals surface area contributed by atoms with Crippen molar-refractivity contribution in [3.05, 3.63) is 24.1 Å². The van der Waals surface area contributed by atoms with Crippen LogP contribution in [0.25, 0.3) is 5.65 Å². The Hall–Kier alpha value is -1.69. The van der Waals surface area contributed by atoms with Crippen LogP contribution in [0.2, 0.25) is 0 Å². The maximum atomic E-state index is 13.1. The standard InChI is InChI=1S/C12H16FN5/c1-17(10-3-2-6-14-7-10)12-15-11-5-4-9(13)8-18(11)16-12/h4-5,8,10,14H,2-3,6-7H2,1H3. The lowest BCUT2D eigenvalue weighted by molar-refractivity contribution is 0.441. The number of rotatable bonds is 2. The molecule has 0 radical (unpaired) electrons. The largest absolute Gasteiger partial charge is 0.338 e. The van der Waals surface area contributed by atoms with Gasteiger partial charge >= 0.3 is 0 Å².